The van der Waals surface area contributed by atoms with E-state index in [0.717, 1.165) is 11.4 Å². The molecule has 2 heterocycles. The summed E-state index contributed by atoms with van der Waals surface area (Å²) in [5.74, 6) is -1.41. The SMILES string of the molecule is COCc1nc(C)c(C(=O)N2CCC[C@H](C(=O)O)C2)s1. The lowest BCUT2D eigenvalue weighted by atomic mass is 9.98. The first-order valence-corrected chi connectivity index (χ1v) is 7.32. The monoisotopic (exact) mass is 298 g/mol. The molecule has 1 N–H and O–H groups in total. The molecule has 0 saturated carbocycles. The summed E-state index contributed by atoms with van der Waals surface area (Å²) in [5.41, 5.74) is 0.685. The number of carbonyl (C=O) groups excluding carboxylic acids is 1. The molecule has 1 aromatic rings. The zero-order valence-electron chi connectivity index (χ0n) is 11.6. The molecule has 0 unspecified atom stereocenters. The van der Waals surface area contributed by atoms with Gasteiger partial charge in [0.1, 0.15) is 9.88 Å². The molecule has 1 aliphatic heterocycles. The molecule has 1 amide bonds. The van der Waals surface area contributed by atoms with E-state index in [0.29, 0.717) is 30.1 Å². The summed E-state index contributed by atoms with van der Waals surface area (Å²) < 4.78 is 5.02. The maximum Gasteiger partial charge on any atom is 0.308 e. The minimum Gasteiger partial charge on any atom is -0.481 e. The number of aliphatic carboxylic acids is 1. The molecule has 1 aliphatic rings. The standard InChI is InChI=1S/C13H18N2O4S/c1-8-11(20-10(14-8)7-19-2)12(16)15-5-3-4-9(6-15)13(17)18/h9H,3-7H2,1-2H3,(H,17,18)/t9-/m0/s1. The Hall–Kier alpha value is -1.47. The van der Waals surface area contributed by atoms with Gasteiger partial charge >= 0.3 is 5.97 Å². The van der Waals surface area contributed by atoms with E-state index in [2.05, 4.69) is 4.98 Å². The number of thiazole rings is 1. The number of amides is 1. The molecule has 2 rings (SSSR count). The second kappa shape index (κ2) is 6.32. The van der Waals surface area contributed by atoms with Crippen molar-refractivity contribution in [1.29, 1.82) is 0 Å². The fourth-order valence-corrected chi connectivity index (χ4v) is 3.35. The average molecular weight is 298 g/mol. The van der Waals surface area contributed by atoms with Crippen LogP contribution < -0.4 is 0 Å². The molecule has 110 valence electrons. The smallest absolute Gasteiger partial charge is 0.308 e. The lowest BCUT2D eigenvalue weighted by molar-refractivity contribution is -0.143. The number of carboxylic acids is 1. The van der Waals surface area contributed by atoms with E-state index in [1.165, 1.54) is 11.3 Å². The Labute approximate surface area is 121 Å². The summed E-state index contributed by atoms with van der Waals surface area (Å²) in [6, 6.07) is 0. The lowest BCUT2D eigenvalue weighted by Crippen LogP contribution is -2.42. The van der Waals surface area contributed by atoms with E-state index in [1.54, 1.807) is 18.9 Å². The number of hydrogen-bond acceptors (Lipinski definition) is 5. The van der Waals surface area contributed by atoms with Crippen molar-refractivity contribution >= 4 is 23.2 Å². The van der Waals surface area contributed by atoms with Gasteiger partial charge in [-0.25, -0.2) is 4.98 Å². The van der Waals surface area contributed by atoms with Crippen molar-refractivity contribution in [3.8, 4) is 0 Å². The molecule has 1 atom stereocenters. The molecule has 0 aromatic carbocycles. The third kappa shape index (κ3) is 3.16. The van der Waals surface area contributed by atoms with Gasteiger partial charge in [-0.2, -0.15) is 0 Å². The first-order chi connectivity index (χ1) is 9.52. The number of nitrogens with zero attached hydrogens (tertiary/aromatic N) is 2. The van der Waals surface area contributed by atoms with Crippen LogP contribution >= 0.6 is 11.3 Å². The summed E-state index contributed by atoms with van der Waals surface area (Å²) in [4.78, 5) is 30.0. The summed E-state index contributed by atoms with van der Waals surface area (Å²) in [5, 5.41) is 9.84. The quantitative estimate of drug-likeness (QED) is 0.912. The minimum absolute atomic E-state index is 0.117. The first-order valence-electron chi connectivity index (χ1n) is 6.50. The molecular weight excluding hydrogens is 280 g/mol. The summed E-state index contributed by atoms with van der Waals surface area (Å²) in [6.07, 6.45) is 1.36. The van der Waals surface area contributed by atoms with E-state index in [-0.39, 0.29) is 12.5 Å². The van der Waals surface area contributed by atoms with E-state index in [4.69, 9.17) is 9.84 Å². The molecule has 20 heavy (non-hydrogen) atoms. The zero-order chi connectivity index (χ0) is 14.7. The van der Waals surface area contributed by atoms with Gasteiger partial charge in [0.05, 0.1) is 18.2 Å². The highest BCUT2D eigenvalue weighted by Gasteiger charge is 2.30. The fourth-order valence-electron chi connectivity index (χ4n) is 2.34. The van der Waals surface area contributed by atoms with E-state index in [9.17, 15) is 9.59 Å². The normalized spacial score (nSPS) is 19.1. The highest BCUT2D eigenvalue weighted by molar-refractivity contribution is 7.13. The van der Waals surface area contributed by atoms with Crippen LogP contribution in [0.1, 0.15) is 33.2 Å². The Morgan fingerprint density at radius 1 is 1.55 bits per heavy atom. The number of ether oxygens (including phenoxy) is 1. The highest BCUT2D eigenvalue weighted by Crippen LogP contribution is 2.24. The molecule has 1 aromatic heterocycles. The van der Waals surface area contributed by atoms with Crippen molar-refractivity contribution in [2.45, 2.75) is 26.4 Å². The van der Waals surface area contributed by atoms with Crippen LogP contribution in [0.4, 0.5) is 0 Å². The topological polar surface area (TPSA) is 79.7 Å². The van der Waals surface area contributed by atoms with Gasteiger partial charge < -0.3 is 14.7 Å². The number of aromatic nitrogens is 1. The molecule has 6 nitrogen and oxygen atoms in total. The Morgan fingerprint density at radius 3 is 2.95 bits per heavy atom. The summed E-state index contributed by atoms with van der Waals surface area (Å²) in [7, 11) is 1.58. The van der Waals surface area contributed by atoms with Gasteiger partial charge in [0.25, 0.3) is 5.91 Å². The fraction of sp³-hybridized carbons (Fsp3) is 0.615. The van der Waals surface area contributed by atoms with Crippen LogP contribution in [-0.2, 0) is 16.1 Å². The molecule has 1 fully saturated rings. The predicted octanol–water partition coefficient (Wildman–Crippen LogP) is 1.53. The molecule has 0 radical (unpaired) electrons. The maximum absolute atomic E-state index is 12.5. The maximum atomic E-state index is 12.5. The van der Waals surface area contributed by atoms with Crippen LogP contribution in [0.25, 0.3) is 0 Å². The molecule has 7 heteroatoms. The van der Waals surface area contributed by atoms with E-state index in [1.807, 2.05) is 0 Å². The number of methoxy groups -OCH3 is 1. The number of piperidine rings is 1. The van der Waals surface area contributed by atoms with Crippen molar-refractivity contribution in [3.05, 3.63) is 15.6 Å². The third-order valence-electron chi connectivity index (χ3n) is 3.36. The van der Waals surface area contributed by atoms with Gasteiger partial charge in [0.2, 0.25) is 0 Å². The number of likely N-dealkylation sites (tertiary alicyclic amines) is 1. The summed E-state index contributed by atoms with van der Waals surface area (Å²) in [6.45, 7) is 3.07. The molecule has 0 bridgehead atoms. The van der Waals surface area contributed by atoms with Crippen LogP contribution in [0.3, 0.4) is 0 Å². The Bertz CT molecular complexity index is 514. The van der Waals surface area contributed by atoms with Crippen molar-refractivity contribution in [2.75, 3.05) is 20.2 Å². The van der Waals surface area contributed by atoms with Gasteiger partial charge in [-0.05, 0) is 19.8 Å². The number of aryl methyl sites for hydroxylation is 1. The Morgan fingerprint density at radius 2 is 2.30 bits per heavy atom. The zero-order valence-corrected chi connectivity index (χ0v) is 12.4. The molecule has 0 spiro atoms. The van der Waals surface area contributed by atoms with E-state index < -0.39 is 11.9 Å². The predicted molar refractivity (Wildman–Crippen MR) is 73.8 cm³/mol. The number of hydrogen-bond donors (Lipinski definition) is 1. The third-order valence-corrected chi connectivity index (χ3v) is 4.48. The van der Waals surface area contributed by atoms with Crippen molar-refractivity contribution in [3.63, 3.8) is 0 Å². The van der Waals surface area contributed by atoms with Crippen LogP contribution in [-0.4, -0.2) is 47.1 Å². The lowest BCUT2D eigenvalue weighted by Gasteiger charge is -2.30. The average Bonchev–Trinajstić information content (AvgIpc) is 2.79. The molecule has 0 aliphatic carbocycles. The van der Waals surface area contributed by atoms with Crippen LogP contribution in [0.5, 0.6) is 0 Å². The number of carboxylic acid groups (broad SMARTS) is 1. The largest absolute Gasteiger partial charge is 0.481 e. The van der Waals surface area contributed by atoms with Gasteiger partial charge in [-0.1, -0.05) is 0 Å². The van der Waals surface area contributed by atoms with Crippen molar-refractivity contribution < 1.29 is 19.4 Å². The number of carbonyl (C=O) groups is 2. The highest BCUT2D eigenvalue weighted by atomic mass is 32.1. The van der Waals surface area contributed by atoms with Crippen LogP contribution in [0.15, 0.2) is 0 Å². The second-order valence-corrected chi connectivity index (χ2v) is 5.97. The van der Waals surface area contributed by atoms with Gasteiger partial charge in [0, 0.05) is 20.2 Å². The number of rotatable bonds is 4. The first kappa shape index (κ1) is 14.9. The van der Waals surface area contributed by atoms with Crippen molar-refractivity contribution in [1.82, 2.24) is 9.88 Å². The Kier molecular flexibility index (Phi) is 4.72. The second-order valence-electron chi connectivity index (χ2n) is 4.88. The van der Waals surface area contributed by atoms with Crippen LogP contribution in [0.2, 0.25) is 0 Å². The summed E-state index contributed by atoms with van der Waals surface area (Å²) >= 11 is 1.32. The van der Waals surface area contributed by atoms with Crippen molar-refractivity contribution in [2.24, 2.45) is 5.92 Å². The Balaban J connectivity index is 2.12. The minimum atomic E-state index is -0.830. The van der Waals surface area contributed by atoms with E-state index >= 15 is 0 Å². The van der Waals surface area contributed by atoms with Gasteiger partial charge in [-0.15, -0.1) is 11.3 Å². The van der Waals surface area contributed by atoms with Gasteiger partial charge in [-0.3, -0.25) is 9.59 Å². The van der Waals surface area contributed by atoms with Gasteiger partial charge in [0.15, 0.2) is 0 Å². The molecule has 1 saturated heterocycles. The molecular formula is C13H18N2O4S. The van der Waals surface area contributed by atoms with Crippen LogP contribution in [0, 0.1) is 12.8 Å².